The first-order valence-corrected chi connectivity index (χ1v) is 8.85. The molecule has 2 N–H and O–H groups in total. The fourth-order valence-corrected chi connectivity index (χ4v) is 3.11. The summed E-state index contributed by atoms with van der Waals surface area (Å²) in [6.07, 6.45) is 2.05. The summed E-state index contributed by atoms with van der Waals surface area (Å²) in [6.45, 7) is 0.957. The summed E-state index contributed by atoms with van der Waals surface area (Å²) in [4.78, 5) is 7.96. The normalized spacial score (nSPS) is 11.2. The van der Waals surface area contributed by atoms with E-state index in [9.17, 15) is 8.42 Å². The lowest BCUT2D eigenvalue weighted by Crippen LogP contribution is -2.27. The number of hydrogen-bond donors (Lipinski definition) is 2. The summed E-state index contributed by atoms with van der Waals surface area (Å²) >= 11 is 0. The molecule has 0 aliphatic heterocycles. The van der Waals surface area contributed by atoms with Gasteiger partial charge in [0.1, 0.15) is 12.1 Å². The van der Waals surface area contributed by atoms with Gasteiger partial charge in [-0.25, -0.2) is 23.1 Å². The Hall–Kier alpha value is -2.19. The van der Waals surface area contributed by atoms with Gasteiger partial charge in [0.05, 0.1) is 12.9 Å². The van der Waals surface area contributed by atoms with Crippen LogP contribution in [0.3, 0.4) is 0 Å². The second-order valence-electron chi connectivity index (χ2n) is 4.86. The first-order valence-electron chi connectivity index (χ1n) is 7.20. The molecule has 0 saturated carbocycles. The molecule has 2 aromatic rings. The van der Waals surface area contributed by atoms with Crippen molar-refractivity contribution < 1.29 is 13.2 Å². The maximum atomic E-state index is 11.9. The van der Waals surface area contributed by atoms with Crippen molar-refractivity contribution in [2.75, 3.05) is 25.5 Å². The van der Waals surface area contributed by atoms with Gasteiger partial charge in [-0.2, -0.15) is 0 Å². The Balaban J connectivity index is 1.70. The largest absolute Gasteiger partial charge is 0.481 e. The second-order valence-corrected chi connectivity index (χ2v) is 6.67. The van der Waals surface area contributed by atoms with Crippen molar-refractivity contribution in [2.24, 2.45) is 0 Å². The minimum atomic E-state index is -3.31. The van der Waals surface area contributed by atoms with Crippen LogP contribution in [0.15, 0.2) is 42.7 Å². The molecule has 0 saturated heterocycles. The number of rotatable bonds is 9. The number of aromatic nitrogens is 2. The van der Waals surface area contributed by atoms with Crippen molar-refractivity contribution in [1.29, 1.82) is 0 Å². The Bertz CT molecular complexity index is 708. The van der Waals surface area contributed by atoms with Crippen LogP contribution in [0.2, 0.25) is 0 Å². The van der Waals surface area contributed by atoms with E-state index in [0.717, 1.165) is 5.56 Å². The Morgan fingerprint density at radius 3 is 2.65 bits per heavy atom. The van der Waals surface area contributed by atoms with Gasteiger partial charge >= 0.3 is 0 Å². The van der Waals surface area contributed by atoms with Crippen LogP contribution >= 0.6 is 0 Å². The first kappa shape index (κ1) is 17.2. The zero-order valence-electron chi connectivity index (χ0n) is 12.9. The van der Waals surface area contributed by atoms with Gasteiger partial charge in [0.2, 0.25) is 15.9 Å². The number of ether oxygens (including phenoxy) is 1. The maximum Gasteiger partial charge on any atom is 0.218 e. The lowest BCUT2D eigenvalue weighted by atomic mass is 10.2. The highest BCUT2D eigenvalue weighted by Crippen LogP contribution is 2.09. The van der Waals surface area contributed by atoms with E-state index in [-0.39, 0.29) is 5.75 Å². The van der Waals surface area contributed by atoms with Crippen LogP contribution in [0.5, 0.6) is 5.88 Å². The lowest BCUT2D eigenvalue weighted by Gasteiger charge is -2.08. The Labute approximate surface area is 136 Å². The molecule has 0 unspecified atom stereocenters. The van der Waals surface area contributed by atoms with Crippen LogP contribution in [-0.2, 0) is 15.8 Å². The van der Waals surface area contributed by atoms with E-state index in [1.165, 1.54) is 13.4 Å². The van der Waals surface area contributed by atoms with E-state index >= 15 is 0 Å². The van der Waals surface area contributed by atoms with Gasteiger partial charge in [-0.15, -0.1) is 0 Å². The van der Waals surface area contributed by atoms with E-state index < -0.39 is 10.0 Å². The van der Waals surface area contributed by atoms with Crippen molar-refractivity contribution in [3.05, 3.63) is 48.3 Å². The minimum absolute atomic E-state index is 0.00955. The zero-order chi connectivity index (χ0) is 16.5. The quantitative estimate of drug-likeness (QED) is 0.673. The highest BCUT2D eigenvalue weighted by molar-refractivity contribution is 7.88. The van der Waals surface area contributed by atoms with E-state index in [1.807, 2.05) is 18.2 Å². The average molecular weight is 336 g/mol. The van der Waals surface area contributed by atoms with Crippen molar-refractivity contribution in [1.82, 2.24) is 14.7 Å². The van der Waals surface area contributed by atoms with Gasteiger partial charge in [-0.1, -0.05) is 30.3 Å². The SMILES string of the molecule is COc1cc(NCCCNS(=O)(=O)Cc2ccccc2)ncn1. The lowest BCUT2D eigenvalue weighted by molar-refractivity contribution is 0.397. The third-order valence-electron chi connectivity index (χ3n) is 3.03. The standard InChI is InChI=1S/C15H20N4O3S/c1-22-15-10-14(17-12-18-15)16-8-5-9-19-23(20,21)11-13-6-3-2-4-7-13/h2-4,6-7,10,12,19H,5,8-9,11H2,1H3,(H,16,17,18). The number of nitrogens with zero attached hydrogens (tertiary/aromatic N) is 2. The van der Waals surface area contributed by atoms with Crippen molar-refractivity contribution in [2.45, 2.75) is 12.2 Å². The van der Waals surface area contributed by atoms with Crippen molar-refractivity contribution >= 4 is 15.8 Å². The summed E-state index contributed by atoms with van der Waals surface area (Å²) in [7, 11) is -1.78. The van der Waals surface area contributed by atoms with E-state index in [0.29, 0.717) is 31.2 Å². The molecule has 8 heteroatoms. The minimum Gasteiger partial charge on any atom is -0.481 e. The van der Waals surface area contributed by atoms with Gasteiger partial charge in [-0.05, 0) is 12.0 Å². The molecule has 0 radical (unpaired) electrons. The molecule has 0 bridgehead atoms. The van der Waals surface area contributed by atoms with E-state index in [4.69, 9.17) is 4.74 Å². The summed E-state index contributed by atoms with van der Waals surface area (Å²) in [5.41, 5.74) is 0.770. The molecule has 2 rings (SSSR count). The second kappa shape index (κ2) is 8.44. The fraction of sp³-hybridized carbons (Fsp3) is 0.333. The number of nitrogens with one attached hydrogen (secondary N) is 2. The average Bonchev–Trinajstić information content (AvgIpc) is 2.55. The number of anilines is 1. The Morgan fingerprint density at radius 1 is 1.13 bits per heavy atom. The first-order chi connectivity index (χ1) is 11.1. The predicted octanol–water partition coefficient (Wildman–Crippen LogP) is 1.41. The summed E-state index contributed by atoms with van der Waals surface area (Å²) in [5, 5.41) is 3.09. The third-order valence-corrected chi connectivity index (χ3v) is 4.39. The number of hydrogen-bond acceptors (Lipinski definition) is 6. The molecule has 0 fully saturated rings. The van der Waals surface area contributed by atoms with Gasteiger partial charge in [-0.3, -0.25) is 0 Å². The van der Waals surface area contributed by atoms with Crippen molar-refractivity contribution in [3.8, 4) is 5.88 Å². The molecule has 1 aromatic heterocycles. The molecule has 7 nitrogen and oxygen atoms in total. The monoisotopic (exact) mass is 336 g/mol. The van der Waals surface area contributed by atoms with Crippen LogP contribution in [0.25, 0.3) is 0 Å². The predicted molar refractivity (Wildman–Crippen MR) is 88.8 cm³/mol. The summed E-state index contributed by atoms with van der Waals surface area (Å²) in [5.74, 6) is 1.11. The number of benzene rings is 1. The smallest absolute Gasteiger partial charge is 0.218 e. The van der Waals surface area contributed by atoms with Crippen LogP contribution in [0.4, 0.5) is 5.82 Å². The van der Waals surface area contributed by atoms with Crippen molar-refractivity contribution in [3.63, 3.8) is 0 Å². The van der Waals surface area contributed by atoms with Gasteiger partial charge in [0, 0.05) is 19.2 Å². The number of sulfonamides is 1. The molecular weight excluding hydrogens is 316 g/mol. The number of methoxy groups -OCH3 is 1. The Kier molecular flexibility index (Phi) is 6.30. The maximum absolute atomic E-state index is 11.9. The van der Waals surface area contributed by atoms with Crippen LogP contribution in [-0.4, -0.2) is 38.6 Å². The molecule has 0 atom stereocenters. The molecule has 1 aromatic carbocycles. The van der Waals surface area contributed by atoms with Gasteiger partial charge in [0.25, 0.3) is 0 Å². The molecule has 0 aliphatic carbocycles. The zero-order valence-corrected chi connectivity index (χ0v) is 13.7. The van der Waals surface area contributed by atoms with Crippen LogP contribution in [0.1, 0.15) is 12.0 Å². The van der Waals surface area contributed by atoms with E-state index in [1.54, 1.807) is 18.2 Å². The summed E-state index contributed by atoms with van der Waals surface area (Å²) in [6, 6.07) is 10.8. The molecule has 0 spiro atoms. The van der Waals surface area contributed by atoms with Crippen LogP contribution < -0.4 is 14.8 Å². The molecular formula is C15H20N4O3S. The van der Waals surface area contributed by atoms with Gasteiger partial charge < -0.3 is 10.1 Å². The van der Waals surface area contributed by atoms with Gasteiger partial charge in [0.15, 0.2) is 0 Å². The van der Waals surface area contributed by atoms with Crippen LogP contribution in [0, 0.1) is 0 Å². The third kappa shape index (κ3) is 6.21. The van der Waals surface area contributed by atoms with E-state index in [2.05, 4.69) is 20.0 Å². The molecule has 0 amide bonds. The molecule has 0 aliphatic rings. The highest BCUT2D eigenvalue weighted by Gasteiger charge is 2.10. The topological polar surface area (TPSA) is 93.2 Å². The summed E-state index contributed by atoms with van der Waals surface area (Å²) < 4.78 is 31.5. The Morgan fingerprint density at radius 2 is 1.91 bits per heavy atom. The molecule has 124 valence electrons. The fourth-order valence-electron chi connectivity index (χ4n) is 1.92. The molecule has 1 heterocycles. The highest BCUT2D eigenvalue weighted by atomic mass is 32.2. The molecule has 23 heavy (non-hydrogen) atoms.